The predicted octanol–water partition coefficient (Wildman–Crippen LogP) is 2.88. The molecule has 0 bridgehead atoms. The molecule has 5 heteroatoms. The standard InChI is InChI=1S/C16H18N4O/c1-2-21-12-14-6-4-3-5-13(14)11-18-16-15-7-8-19-20(15)10-9-17-16/h3-10H,2,11-12H2,1H3,(H,17,18). The van der Waals surface area contributed by atoms with Gasteiger partial charge >= 0.3 is 0 Å². The Bertz CT molecular complexity index is 723. The minimum atomic E-state index is 0.638. The van der Waals surface area contributed by atoms with E-state index in [-0.39, 0.29) is 0 Å². The molecule has 0 fully saturated rings. The monoisotopic (exact) mass is 282 g/mol. The van der Waals surface area contributed by atoms with Gasteiger partial charge in [-0.05, 0) is 24.1 Å². The first-order valence-corrected chi connectivity index (χ1v) is 7.05. The third-order valence-corrected chi connectivity index (χ3v) is 3.35. The van der Waals surface area contributed by atoms with Gasteiger partial charge in [0, 0.05) is 25.5 Å². The highest BCUT2D eigenvalue weighted by Crippen LogP contribution is 2.16. The van der Waals surface area contributed by atoms with E-state index >= 15 is 0 Å². The number of fused-ring (bicyclic) bond motifs is 1. The molecule has 0 unspecified atom stereocenters. The lowest BCUT2D eigenvalue weighted by Gasteiger charge is -2.11. The molecule has 3 aromatic rings. The first kappa shape index (κ1) is 13.6. The number of anilines is 1. The van der Waals surface area contributed by atoms with E-state index < -0.39 is 0 Å². The van der Waals surface area contributed by atoms with Crippen molar-refractivity contribution in [1.29, 1.82) is 0 Å². The van der Waals surface area contributed by atoms with E-state index in [2.05, 4.69) is 27.5 Å². The van der Waals surface area contributed by atoms with Crippen LogP contribution >= 0.6 is 0 Å². The SMILES string of the molecule is CCOCc1ccccc1CNc1nccn2nccc12. The molecule has 0 atom stereocenters. The lowest BCUT2D eigenvalue weighted by Crippen LogP contribution is -2.06. The molecule has 2 aromatic heterocycles. The minimum absolute atomic E-state index is 0.638. The number of nitrogens with zero attached hydrogens (tertiary/aromatic N) is 3. The van der Waals surface area contributed by atoms with Crippen molar-refractivity contribution >= 4 is 11.3 Å². The molecule has 0 saturated heterocycles. The van der Waals surface area contributed by atoms with E-state index in [0.29, 0.717) is 13.2 Å². The van der Waals surface area contributed by atoms with Crippen molar-refractivity contribution in [3.05, 3.63) is 60.0 Å². The van der Waals surface area contributed by atoms with Crippen LogP contribution in [0, 0.1) is 0 Å². The molecular formula is C16H18N4O. The second-order valence-electron chi connectivity index (χ2n) is 4.70. The first-order chi connectivity index (χ1) is 10.4. The summed E-state index contributed by atoms with van der Waals surface area (Å²) in [6, 6.07) is 10.2. The van der Waals surface area contributed by atoms with Gasteiger partial charge < -0.3 is 10.1 Å². The van der Waals surface area contributed by atoms with Crippen LogP contribution in [0.2, 0.25) is 0 Å². The third kappa shape index (κ3) is 3.03. The summed E-state index contributed by atoms with van der Waals surface area (Å²) >= 11 is 0. The van der Waals surface area contributed by atoms with Crippen LogP contribution in [-0.4, -0.2) is 21.2 Å². The van der Waals surface area contributed by atoms with Crippen molar-refractivity contribution in [3.63, 3.8) is 0 Å². The van der Waals surface area contributed by atoms with E-state index in [1.54, 1.807) is 16.9 Å². The second kappa shape index (κ2) is 6.37. The Morgan fingerprint density at radius 1 is 1.14 bits per heavy atom. The fourth-order valence-corrected chi connectivity index (χ4v) is 2.26. The van der Waals surface area contributed by atoms with E-state index in [4.69, 9.17) is 4.74 Å². The van der Waals surface area contributed by atoms with Gasteiger partial charge in [0.25, 0.3) is 0 Å². The van der Waals surface area contributed by atoms with E-state index in [1.807, 2.05) is 31.3 Å². The van der Waals surface area contributed by atoms with Crippen molar-refractivity contribution in [2.75, 3.05) is 11.9 Å². The maximum Gasteiger partial charge on any atom is 0.152 e. The van der Waals surface area contributed by atoms with Gasteiger partial charge in [-0.3, -0.25) is 0 Å². The number of nitrogens with one attached hydrogen (secondary N) is 1. The summed E-state index contributed by atoms with van der Waals surface area (Å²) < 4.78 is 7.32. The number of rotatable bonds is 6. The maximum atomic E-state index is 5.51. The molecule has 0 aliphatic carbocycles. The molecule has 0 radical (unpaired) electrons. The van der Waals surface area contributed by atoms with E-state index in [0.717, 1.165) is 17.9 Å². The van der Waals surface area contributed by atoms with Crippen molar-refractivity contribution in [2.45, 2.75) is 20.1 Å². The average Bonchev–Trinajstić information content (AvgIpc) is 3.01. The van der Waals surface area contributed by atoms with Crippen molar-refractivity contribution in [1.82, 2.24) is 14.6 Å². The zero-order valence-corrected chi connectivity index (χ0v) is 12.0. The van der Waals surface area contributed by atoms with Gasteiger partial charge in [-0.2, -0.15) is 5.10 Å². The predicted molar refractivity (Wildman–Crippen MR) is 82.1 cm³/mol. The van der Waals surface area contributed by atoms with Gasteiger partial charge in [0.15, 0.2) is 5.82 Å². The van der Waals surface area contributed by atoms with E-state index in [9.17, 15) is 0 Å². The largest absolute Gasteiger partial charge is 0.377 e. The van der Waals surface area contributed by atoms with Gasteiger partial charge in [-0.15, -0.1) is 0 Å². The zero-order valence-electron chi connectivity index (χ0n) is 12.0. The number of hydrogen-bond donors (Lipinski definition) is 1. The summed E-state index contributed by atoms with van der Waals surface area (Å²) in [5.74, 6) is 0.834. The fourth-order valence-electron chi connectivity index (χ4n) is 2.26. The number of hydrogen-bond acceptors (Lipinski definition) is 4. The summed E-state index contributed by atoms with van der Waals surface area (Å²) in [4.78, 5) is 4.38. The van der Waals surface area contributed by atoms with Gasteiger partial charge in [-0.25, -0.2) is 9.50 Å². The van der Waals surface area contributed by atoms with Crippen LogP contribution in [0.4, 0.5) is 5.82 Å². The summed E-state index contributed by atoms with van der Waals surface area (Å²) in [7, 11) is 0. The highest BCUT2D eigenvalue weighted by molar-refractivity contribution is 5.66. The van der Waals surface area contributed by atoms with Crippen molar-refractivity contribution in [3.8, 4) is 0 Å². The Labute approximate surface area is 123 Å². The van der Waals surface area contributed by atoms with Crippen LogP contribution in [0.3, 0.4) is 0 Å². The number of aromatic nitrogens is 3. The molecule has 21 heavy (non-hydrogen) atoms. The maximum absolute atomic E-state index is 5.51. The van der Waals surface area contributed by atoms with Crippen molar-refractivity contribution in [2.24, 2.45) is 0 Å². The third-order valence-electron chi connectivity index (χ3n) is 3.35. The average molecular weight is 282 g/mol. The molecule has 0 saturated carbocycles. The first-order valence-electron chi connectivity index (χ1n) is 7.05. The summed E-state index contributed by atoms with van der Waals surface area (Å²) in [5, 5.41) is 7.59. The lowest BCUT2D eigenvalue weighted by molar-refractivity contribution is 0.133. The normalized spacial score (nSPS) is 10.9. The molecule has 0 aliphatic heterocycles. The Kier molecular flexibility index (Phi) is 4.12. The fraction of sp³-hybridized carbons (Fsp3) is 0.250. The highest BCUT2D eigenvalue weighted by atomic mass is 16.5. The Morgan fingerprint density at radius 2 is 2.00 bits per heavy atom. The number of ether oxygens (including phenoxy) is 1. The van der Waals surface area contributed by atoms with Crippen molar-refractivity contribution < 1.29 is 4.74 Å². The number of benzene rings is 1. The smallest absolute Gasteiger partial charge is 0.152 e. The lowest BCUT2D eigenvalue weighted by atomic mass is 10.1. The second-order valence-corrected chi connectivity index (χ2v) is 4.70. The molecule has 2 heterocycles. The van der Waals surface area contributed by atoms with Crippen LogP contribution in [0.1, 0.15) is 18.1 Å². The molecule has 108 valence electrons. The Morgan fingerprint density at radius 3 is 2.86 bits per heavy atom. The molecule has 5 nitrogen and oxygen atoms in total. The molecule has 1 aromatic carbocycles. The quantitative estimate of drug-likeness (QED) is 0.755. The van der Waals surface area contributed by atoms with E-state index in [1.165, 1.54) is 11.1 Å². The van der Waals surface area contributed by atoms with Crippen LogP contribution in [0.5, 0.6) is 0 Å². The molecular weight excluding hydrogens is 264 g/mol. The molecule has 0 amide bonds. The molecule has 0 aliphatic rings. The summed E-state index contributed by atoms with van der Waals surface area (Å²) in [6.45, 7) is 4.07. The topological polar surface area (TPSA) is 51.5 Å². The summed E-state index contributed by atoms with van der Waals surface area (Å²) in [5.41, 5.74) is 3.39. The van der Waals surface area contributed by atoms with Gasteiger partial charge in [0.05, 0.1) is 12.8 Å². The van der Waals surface area contributed by atoms with Gasteiger partial charge in [0.1, 0.15) is 5.52 Å². The Balaban J connectivity index is 1.77. The molecule has 1 N–H and O–H groups in total. The minimum Gasteiger partial charge on any atom is -0.377 e. The zero-order chi connectivity index (χ0) is 14.5. The van der Waals surface area contributed by atoms with Gasteiger partial charge in [0.2, 0.25) is 0 Å². The van der Waals surface area contributed by atoms with Crippen LogP contribution in [0.25, 0.3) is 5.52 Å². The van der Waals surface area contributed by atoms with Crippen LogP contribution in [-0.2, 0) is 17.9 Å². The summed E-state index contributed by atoms with van der Waals surface area (Å²) in [6.07, 6.45) is 5.35. The molecule has 3 rings (SSSR count). The van der Waals surface area contributed by atoms with Crippen LogP contribution < -0.4 is 5.32 Å². The van der Waals surface area contributed by atoms with Gasteiger partial charge in [-0.1, -0.05) is 24.3 Å². The molecule has 0 spiro atoms. The van der Waals surface area contributed by atoms with Crippen LogP contribution in [0.15, 0.2) is 48.9 Å². The Hall–Kier alpha value is -2.40. The highest BCUT2D eigenvalue weighted by Gasteiger charge is 2.05.